The molecule has 1 aromatic carbocycles. The van der Waals surface area contributed by atoms with Crippen LogP contribution < -0.4 is 15.5 Å². The molecule has 2 rings (SSSR count). The molecule has 3 nitrogen and oxygen atoms in total. The van der Waals surface area contributed by atoms with Crippen molar-refractivity contribution < 1.29 is 0 Å². The van der Waals surface area contributed by atoms with Crippen LogP contribution in [0.3, 0.4) is 0 Å². The van der Waals surface area contributed by atoms with E-state index in [4.69, 9.17) is 17.3 Å². The molecule has 0 amide bonds. The van der Waals surface area contributed by atoms with Crippen molar-refractivity contribution in [3.05, 3.63) is 22.7 Å². The van der Waals surface area contributed by atoms with Gasteiger partial charge in [0.1, 0.15) is 0 Å². The highest BCUT2D eigenvalue weighted by Gasteiger charge is 2.20. The minimum Gasteiger partial charge on any atom is -0.373 e. The fourth-order valence-electron chi connectivity index (χ4n) is 2.70. The molecule has 0 bridgehead atoms. The van der Waals surface area contributed by atoms with E-state index in [0.717, 1.165) is 37.6 Å². The number of nitrogens with two attached hydrogens (primary N) is 1. The second kappa shape index (κ2) is 5.81. The highest BCUT2D eigenvalue weighted by molar-refractivity contribution is 6.31. The van der Waals surface area contributed by atoms with E-state index in [1.165, 1.54) is 23.4 Å². The maximum absolute atomic E-state index is 6.21. The summed E-state index contributed by atoms with van der Waals surface area (Å²) in [6, 6.07) is 4.13. The first kappa shape index (κ1) is 13.5. The molecule has 4 heteroatoms. The topological polar surface area (TPSA) is 32.5 Å². The Morgan fingerprint density at radius 1 is 1.33 bits per heavy atom. The molecule has 1 aromatic rings. The normalized spacial score (nSPS) is 15.6. The minimum atomic E-state index is 0.737. The van der Waals surface area contributed by atoms with Crippen molar-refractivity contribution in [2.24, 2.45) is 5.73 Å². The Morgan fingerprint density at radius 3 is 2.83 bits per heavy atom. The first-order chi connectivity index (χ1) is 8.63. The molecule has 2 N–H and O–H groups in total. The maximum atomic E-state index is 6.21. The van der Waals surface area contributed by atoms with Crippen molar-refractivity contribution in [2.75, 3.05) is 43.0 Å². The van der Waals surface area contributed by atoms with Crippen molar-refractivity contribution in [1.29, 1.82) is 0 Å². The Hall–Kier alpha value is -0.930. The van der Waals surface area contributed by atoms with Gasteiger partial charge in [-0.05, 0) is 44.0 Å². The van der Waals surface area contributed by atoms with E-state index < -0.39 is 0 Å². The zero-order valence-electron chi connectivity index (χ0n) is 11.2. The van der Waals surface area contributed by atoms with Crippen molar-refractivity contribution in [1.82, 2.24) is 0 Å². The molecule has 0 atom stereocenters. The molecule has 0 aromatic heterocycles. The van der Waals surface area contributed by atoms with Gasteiger partial charge in [0.2, 0.25) is 0 Å². The summed E-state index contributed by atoms with van der Waals surface area (Å²) in [6.07, 6.45) is 2.20. The molecule has 0 radical (unpaired) electrons. The number of hydrogen-bond donors (Lipinski definition) is 1. The van der Waals surface area contributed by atoms with Gasteiger partial charge in [0, 0.05) is 31.7 Å². The molecule has 1 aliphatic heterocycles. The minimum absolute atomic E-state index is 0.737. The Morgan fingerprint density at radius 2 is 2.11 bits per heavy atom. The Labute approximate surface area is 115 Å². The molecule has 1 aliphatic rings. The van der Waals surface area contributed by atoms with Gasteiger partial charge in [-0.15, -0.1) is 0 Å². The number of nitrogens with zero attached hydrogens (tertiary/aromatic N) is 2. The molecule has 0 saturated carbocycles. The molecular formula is C14H22ClN3. The van der Waals surface area contributed by atoms with E-state index >= 15 is 0 Å². The van der Waals surface area contributed by atoms with Crippen molar-refractivity contribution in [3.63, 3.8) is 0 Å². The number of rotatable bonds is 3. The quantitative estimate of drug-likeness (QED) is 0.914. The van der Waals surface area contributed by atoms with Crippen LogP contribution in [0.4, 0.5) is 11.4 Å². The van der Waals surface area contributed by atoms with E-state index in [2.05, 4.69) is 29.8 Å². The predicted molar refractivity (Wildman–Crippen MR) is 80.0 cm³/mol. The smallest absolute Gasteiger partial charge is 0.0632 e. The largest absolute Gasteiger partial charge is 0.373 e. The summed E-state index contributed by atoms with van der Waals surface area (Å²) in [5, 5.41) is 0.819. The van der Waals surface area contributed by atoms with Crippen LogP contribution in [0.2, 0.25) is 5.02 Å². The fourth-order valence-corrected chi connectivity index (χ4v) is 2.97. The van der Waals surface area contributed by atoms with Crippen LogP contribution in [0.15, 0.2) is 12.1 Å². The molecule has 1 heterocycles. The van der Waals surface area contributed by atoms with Gasteiger partial charge < -0.3 is 15.5 Å². The summed E-state index contributed by atoms with van der Waals surface area (Å²) in [5.41, 5.74) is 9.45. The maximum Gasteiger partial charge on any atom is 0.0632 e. The van der Waals surface area contributed by atoms with Gasteiger partial charge in [-0.1, -0.05) is 11.6 Å². The average Bonchev–Trinajstić information content (AvgIpc) is 2.46. The van der Waals surface area contributed by atoms with E-state index in [1.54, 1.807) is 0 Å². The zero-order valence-corrected chi connectivity index (χ0v) is 12.0. The van der Waals surface area contributed by atoms with Gasteiger partial charge in [-0.2, -0.15) is 0 Å². The lowest BCUT2D eigenvalue weighted by atomic mass is 10.1. The van der Waals surface area contributed by atoms with Crippen LogP contribution in [0.5, 0.6) is 0 Å². The van der Waals surface area contributed by atoms with E-state index in [1.807, 2.05) is 6.07 Å². The first-order valence-electron chi connectivity index (χ1n) is 6.60. The standard InChI is InChI=1S/C14H22ClN3/c1-11-9-12(15)10-13-14(11)17(2)6-4-8-18(13)7-3-5-16/h9-10H,3-8,16H2,1-2H3. The van der Waals surface area contributed by atoms with Gasteiger partial charge in [-0.3, -0.25) is 0 Å². The monoisotopic (exact) mass is 267 g/mol. The van der Waals surface area contributed by atoms with E-state index in [0.29, 0.717) is 0 Å². The van der Waals surface area contributed by atoms with E-state index in [-0.39, 0.29) is 0 Å². The lowest BCUT2D eigenvalue weighted by Gasteiger charge is -2.27. The second-order valence-corrected chi connectivity index (χ2v) is 5.43. The highest BCUT2D eigenvalue weighted by atomic mass is 35.5. The number of fused-ring (bicyclic) bond motifs is 1. The van der Waals surface area contributed by atoms with Crippen LogP contribution >= 0.6 is 11.6 Å². The summed E-state index contributed by atoms with van der Waals surface area (Å²) in [6.45, 7) is 6.05. The number of aryl methyl sites for hydroxylation is 1. The molecule has 0 saturated heterocycles. The van der Waals surface area contributed by atoms with Crippen molar-refractivity contribution in [3.8, 4) is 0 Å². The summed E-state index contributed by atoms with van der Waals surface area (Å²) < 4.78 is 0. The van der Waals surface area contributed by atoms with Gasteiger partial charge in [-0.25, -0.2) is 0 Å². The van der Waals surface area contributed by atoms with Crippen LogP contribution in [-0.2, 0) is 0 Å². The van der Waals surface area contributed by atoms with E-state index in [9.17, 15) is 0 Å². The van der Waals surface area contributed by atoms with Crippen molar-refractivity contribution >= 4 is 23.0 Å². The lowest BCUT2D eigenvalue weighted by Crippen LogP contribution is -2.26. The zero-order chi connectivity index (χ0) is 13.1. The molecule has 100 valence electrons. The summed E-state index contributed by atoms with van der Waals surface area (Å²) in [5.74, 6) is 0. The lowest BCUT2D eigenvalue weighted by molar-refractivity contribution is 0.710. The van der Waals surface area contributed by atoms with Crippen LogP contribution in [0, 0.1) is 6.92 Å². The van der Waals surface area contributed by atoms with Gasteiger partial charge in [0.15, 0.2) is 0 Å². The van der Waals surface area contributed by atoms with Gasteiger partial charge in [0.05, 0.1) is 11.4 Å². The summed E-state index contributed by atoms with van der Waals surface area (Å²) >= 11 is 6.21. The number of halogens is 1. The van der Waals surface area contributed by atoms with Gasteiger partial charge >= 0.3 is 0 Å². The first-order valence-corrected chi connectivity index (χ1v) is 6.97. The Kier molecular flexibility index (Phi) is 4.36. The third kappa shape index (κ3) is 2.73. The SMILES string of the molecule is Cc1cc(Cl)cc2c1N(C)CCCN2CCCN. The second-order valence-electron chi connectivity index (χ2n) is 4.99. The molecule has 18 heavy (non-hydrogen) atoms. The van der Waals surface area contributed by atoms with Crippen LogP contribution in [0.25, 0.3) is 0 Å². The predicted octanol–water partition coefficient (Wildman–Crippen LogP) is 2.64. The van der Waals surface area contributed by atoms with Crippen LogP contribution in [0.1, 0.15) is 18.4 Å². The third-order valence-electron chi connectivity index (χ3n) is 3.52. The van der Waals surface area contributed by atoms with Crippen LogP contribution in [-0.4, -0.2) is 33.2 Å². The van der Waals surface area contributed by atoms with Gasteiger partial charge in [0.25, 0.3) is 0 Å². The Bertz CT molecular complexity index is 420. The molecular weight excluding hydrogens is 246 g/mol. The number of anilines is 2. The third-order valence-corrected chi connectivity index (χ3v) is 3.74. The molecule has 0 unspecified atom stereocenters. The molecule has 0 fully saturated rings. The summed E-state index contributed by atoms with van der Waals surface area (Å²) in [7, 11) is 2.16. The molecule has 0 aliphatic carbocycles. The van der Waals surface area contributed by atoms with Crippen molar-refractivity contribution in [2.45, 2.75) is 19.8 Å². The fraction of sp³-hybridized carbons (Fsp3) is 0.571. The highest BCUT2D eigenvalue weighted by Crippen LogP contribution is 2.37. The molecule has 0 spiro atoms. The number of hydrogen-bond acceptors (Lipinski definition) is 3. The summed E-state index contributed by atoms with van der Waals surface area (Å²) in [4.78, 5) is 4.76. The number of benzene rings is 1. The average molecular weight is 268 g/mol. The Balaban J connectivity index is 2.40.